The van der Waals surface area contributed by atoms with E-state index in [2.05, 4.69) is 17.2 Å². The van der Waals surface area contributed by atoms with Crippen molar-refractivity contribution in [1.29, 1.82) is 0 Å². The third-order valence-electron chi connectivity index (χ3n) is 7.71. The SMILES string of the molecule is CCCCc1nc(Cl)c(C=O)n1Cc1ccc(C2(CC(=O)NC(C(N)=O)c3ccccc3O)CCCC2)cc1. The molecule has 1 aliphatic rings. The van der Waals surface area contributed by atoms with Crippen molar-refractivity contribution < 1.29 is 19.5 Å². The van der Waals surface area contributed by atoms with Gasteiger partial charge in [-0.2, -0.15) is 0 Å². The van der Waals surface area contributed by atoms with Crippen molar-refractivity contribution >= 4 is 29.7 Å². The second-order valence-electron chi connectivity index (χ2n) is 10.3. The average molecular weight is 551 g/mol. The number of benzene rings is 2. The number of aromatic hydroxyl groups is 1. The molecule has 1 aliphatic carbocycles. The standard InChI is InChI=1S/C30H35ClN4O4/c1-2-3-10-25-33-28(31)23(19-36)35(25)18-20-11-13-21(14-12-20)30(15-6-7-16-30)17-26(38)34-27(29(32)39)22-8-4-5-9-24(22)37/h4-5,8-9,11-14,19,27,37H,2-3,6-7,10,15-18H2,1H3,(H2,32,39)(H,34,38). The molecule has 3 aromatic rings. The molecular weight excluding hydrogens is 516 g/mol. The van der Waals surface area contributed by atoms with Crippen LogP contribution in [0.1, 0.15) is 90.9 Å². The number of carbonyl (C=O) groups excluding carboxylic acids is 3. The molecule has 1 unspecified atom stereocenters. The molecule has 9 heteroatoms. The fourth-order valence-corrected chi connectivity index (χ4v) is 5.86. The molecule has 2 aromatic carbocycles. The first-order valence-electron chi connectivity index (χ1n) is 13.4. The summed E-state index contributed by atoms with van der Waals surface area (Å²) in [5.41, 5.74) is 7.93. The number of imidazole rings is 1. The Labute approximate surface area is 233 Å². The third kappa shape index (κ3) is 6.33. The quantitative estimate of drug-likeness (QED) is 0.274. The number of nitrogens with one attached hydrogen (secondary N) is 1. The van der Waals surface area contributed by atoms with Gasteiger partial charge in [0.1, 0.15) is 23.3 Å². The summed E-state index contributed by atoms with van der Waals surface area (Å²) >= 11 is 6.23. The number of aryl methyl sites for hydroxylation is 1. The first-order valence-corrected chi connectivity index (χ1v) is 13.8. The largest absolute Gasteiger partial charge is 0.508 e. The number of nitrogens with zero attached hydrogens (tertiary/aromatic N) is 2. The highest BCUT2D eigenvalue weighted by Gasteiger charge is 2.38. The van der Waals surface area contributed by atoms with E-state index in [-0.39, 0.29) is 34.2 Å². The van der Waals surface area contributed by atoms with E-state index in [1.165, 1.54) is 6.07 Å². The zero-order chi connectivity index (χ0) is 28.0. The number of phenolic OH excluding ortho intramolecular Hbond substituents is 1. The van der Waals surface area contributed by atoms with Gasteiger partial charge in [-0.1, -0.05) is 80.3 Å². The zero-order valence-corrected chi connectivity index (χ0v) is 22.9. The van der Waals surface area contributed by atoms with Crippen molar-refractivity contribution in [3.05, 3.63) is 81.9 Å². The van der Waals surface area contributed by atoms with Crippen molar-refractivity contribution in [2.75, 3.05) is 0 Å². The van der Waals surface area contributed by atoms with Crippen molar-refractivity contribution in [2.24, 2.45) is 5.73 Å². The topological polar surface area (TPSA) is 127 Å². The molecule has 39 heavy (non-hydrogen) atoms. The Morgan fingerprint density at radius 2 is 1.87 bits per heavy atom. The Bertz CT molecular complexity index is 1330. The number of aldehydes is 1. The van der Waals surface area contributed by atoms with Crippen LogP contribution in [0.3, 0.4) is 0 Å². The lowest BCUT2D eigenvalue weighted by Crippen LogP contribution is -2.40. The first kappa shape index (κ1) is 28.4. The van der Waals surface area contributed by atoms with E-state index in [9.17, 15) is 19.5 Å². The third-order valence-corrected chi connectivity index (χ3v) is 7.99. The Morgan fingerprint density at radius 3 is 2.49 bits per heavy atom. The number of hydrogen-bond donors (Lipinski definition) is 3. The summed E-state index contributed by atoms with van der Waals surface area (Å²) in [6.07, 6.45) is 7.38. The average Bonchev–Trinajstić information content (AvgIpc) is 3.51. The van der Waals surface area contributed by atoms with Gasteiger partial charge in [0.15, 0.2) is 11.4 Å². The highest BCUT2D eigenvalue weighted by molar-refractivity contribution is 6.31. The van der Waals surface area contributed by atoms with Crippen LogP contribution >= 0.6 is 11.6 Å². The van der Waals surface area contributed by atoms with Gasteiger partial charge >= 0.3 is 0 Å². The second kappa shape index (κ2) is 12.5. The predicted octanol–water partition coefficient (Wildman–Crippen LogP) is 4.99. The minimum absolute atomic E-state index is 0.0949. The van der Waals surface area contributed by atoms with Crippen LogP contribution in [-0.4, -0.2) is 32.8 Å². The van der Waals surface area contributed by atoms with E-state index >= 15 is 0 Å². The molecule has 0 radical (unpaired) electrons. The number of phenols is 1. The summed E-state index contributed by atoms with van der Waals surface area (Å²) in [6.45, 7) is 2.58. The monoisotopic (exact) mass is 550 g/mol. The van der Waals surface area contributed by atoms with E-state index in [0.717, 1.165) is 68.2 Å². The van der Waals surface area contributed by atoms with E-state index in [0.29, 0.717) is 12.2 Å². The number of carbonyl (C=O) groups is 3. The summed E-state index contributed by atoms with van der Waals surface area (Å²) < 4.78 is 1.88. The Kier molecular flexibility index (Phi) is 9.07. The maximum absolute atomic E-state index is 13.2. The normalized spacial score (nSPS) is 15.1. The smallest absolute Gasteiger partial charge is 0.244 e. The van der Waals surface area contributed by atoms with E-state index < -0.39 is 11.9 Å². The summed E-state index contributed by atoms with van der Waals surface area (Å²) in [5.74, 6) is -0.326. The van der Waals surface area contributed by atoms with E-state index in [4.69, 9.17) is 17.3 Å². The molecule has 0 saturated heterocycles. The molecule has 1 fully saturated rings. The van der Waals surface area contributed by atoms with Crippen LogP contribution < -0.4 is 11.1 Å². The fourth-order valence-electron chi connectivity index (χ4n) is 5.61. The number of primary amides is 1. The van der Waals surface area contributed by atoms with Crippen molar-refractivity contribution in [2.45, 2.75) is 76.3 Å². The molecule has 206 valence electrons. The molecule has 0 aliphatic heterocycles. The van der Waals surface area contributed by atoms with Gasteiger partial charge in [-0.05, 0) is 36.5 Å². The molecule has 0 spiro atoms. The highest BCUT2D eigenvalue weighted by Crippen LogP contribution is 2.44. The number of amides is 2. The van der Waals surface area contributed by atoms with Crippen LogP contribution in [-0.2, 0) is 28.0 Å². The number of rotatable bonds is 12. The van der Waals surface area contributed by atoms with Crippen LogP contribution in [0.15, 0.2) is 48.5 Å². The Morgan fingerprint density at radius 1 is 1.18 bits per heavy atom. The van der Waals surface area contributed by atoms with Crippen LogP contribution in [0.4, 0.5) is 0 Å². The summed E-state index contributed by atoms with van der Waals surface area (Å²) in [5, 5.41) is 13.2. The fraction of sp³-hybridized carbons (Fsp3) is 0.400. The van der Waals surface area contributed by atoms with Gasteiger partial charge in [0.05, 0.1) is 0 Å². The summed E-state index contributed by atoms with van der Waals surface area (Å²) in [4.78, 5) is 41.5. The van der Waals surface area contributed by atoms with Gasteiger partial charge in [0, 0.05) is 30.4 Å². The molecule has 1 atom stereocenters. The van der Waals surface area contributed by atoms with Crippen LogP contribution in [0.25, 0.3) is 0 Å². The lowest BCUT2D eigenvalue weighted by atomic mass is 9.75. The first-order chi connectivity index (χ1) is 18.8. The lowest BCUT2D eigenvalue weighted by molar-refractivity contribution is -0.128. The molecule has 8 nitrogen and oxygen atoms in total. The van der Waals surface area contributed by atoms with E-state index in [1.807, 2.05) is 28.8 Å². The molecule has 1 heterocycles. The molecule has 2 amide bonds. The van der Waals surface area contributed by atoms with Crippen molar-refractivity contribution in [1.82, 2.24) is 14.9 Å². The van der Waals surface area contributed by atoms with Gasteiger partial charge in [-0.15, -0.1) is 0 Å². The zero-order valence-electron chi connectivity index (χ0n) is 22.2. The number of para-hydroxylation sites is 1. The Balaban J connectivity index is 1.53. The minimum atomic E-state index is -1.12. The number of halogens is 1. The molecule has 0 bridgehead atoms. The summed E-state index contributed by atoms with van der Waals surface area (Å²) in [6, 6.07) is 13.4. The van der Waals surface area contributed by atoms with Gasteiger partial charge in [-0.3, -0.25) is 14.4 Å². The predicted molar refractivity (Wildman–Crippen MR) is 150 cm³/mol. The van der Waals surface area contributed by atoms with Crippen molar-refractivity contribution in [3.8, 4) is 5.75 Å². The van der Waals surface area contributed by atoms with Crippen LogP contribution in [0, 0.1) is 0 Å². The van der Waals surface area contributed by atoms with Gasteiger partial charge in [-0.25, -0.2) is 4.98 Å². The minimum Gasteiger partial charge on any atom is -0.508 e. The van der Waals surface area contributed by atoms with Gasteiger partial charge in [0.2, 0.25) is 11.8 Å². The maximum atomic E-state index is 13.2. The van der Waals surface area contributed by atoms with Gasteiger partial charge in [0.25, 0.3) is 0 Å². The van der Waals surface area contributed by atoms with Gasteiger partial charge < -0.3 is 20.7 Å². The van der Waals surface area contributed by atoms with Crippen LogP contribution in [0.2, 0.25) is 5.15 Å². The molecule has 1 saturated carbocycles. The molecule has 4 rings (SSSR count). The van der Waals surface area contributed by atoms with Crippen molar-refractivity contribution in [3.63, 3.8) is 0 Å². The number of unbranched alkanes of at least 4 members (excludes halogenated alkanes) is 1. The lowest BCUT2D eigenvalue weighted by Gasteiger charge is -2.30. The highest BCUT2D eigenvalue weighted by atomic mass is 35.5. The molecule has 4 N–H and O–H groups in total. The maximum Gasteiger partial charge on any atom is 0.244 e. The second-order valence-corrected chi connectivity index (χ2v) is 10.7. The Hall–Kier alpha value is -3.65. The molecule has 1 aromatic heterocycles. The summed E-state index contributed by atoms with van der Waals surface area (Å²) in [7, 11) is 0. The number of aromatic nitrogens is 2. The number of hydrogen-bond acceptors (Lipinski definition) is 5. The van der Waals surface area contributed by atoms with E-state index in [1.54, 1.807) is 18.2 Å². The molecular formula is C30H35ClN4O4. The number of nitrogens with two attached hydrogens (primary N) is 1. The van der Waals surface area contributed by atoms with Crippen LogP contribution in [0.5, 0.6) is 5.75 Å².